The third-order valence-electron chi connectivity index (χ3n) is 2.75. The molecule has 0 aliphatic rings. The standard InChI is InChI=1S/C15H11ClN2O2/c16-12-5-1-4-8-15(12)20-11-9-17-18(10-11)13-6-2-3-7-14(13)19/h1-10,19H. The number of rotatable bonds is 3. The lowest BCUT2D eigenvalue weighted by molar-refractivity contribution is 0.469. The first-order chi connectivity index (χ1) is 9.74. The molecule has 0 fully saturated rings. The monoisotopic (exact) mass is 286 g/mol. The Morgan fingerprint density at radius 3 is 2.60 bits per heavy atom. The molecule has 0 spiro atoms. The summed E-state index contributed by atoms with van der Waals surface area (Å²) in [5.41, 5.74) is 0.585. The topological polar surface area (TPSA) is 47.3 Å². The van der Waals surface area contributed by atoms with E-state index in [2.05, 4.69) is 5.10 Å². The molecule has 100 valence electrons. The lowest BCUT2D eigenvalue weighted by atomic mass is 10.3. The average molecular weight is 287 g/mol. The van der Waals surface area contributed by atoms with E-state index in [-0.39, 0.29) is 5.75 Å². The Labute approximate surface area is 120 Å². The van der Waals surface area contributed by atoms with Crippen molar-refractivity contribution < 1.29 is 9.84 Å². The van der Waals surface area contributed by atoms with Gasteiger partial charge in [0.15, 0.2) is 5.75 Å². The van der Waals surface area contributed by atoms with E-state index in [4.69, 9.17) is 16.3 Å². The summed E-state index contributed by atoms with van der Waals surface area (Å²) in [6.45, 7) is 0. The van der Waals surface area contributed by atoms with Gasteiger partial charge in [-0.15, -0.1) is 0 Å². The number of benzene rings is 2. The maximum atomic E-state index is 9.78. The quantitative estimate of drug-likeness (QED) is 0.791. The Hall–Kier alpha value is -2.46. The minimum Gasteiger partial charge on any atom is -0.506 e. The fraction of sp³-hybridized carbons (Fsp3) is 0. The SMILES string of the molecule is Oc1ccccc1-n1cc(Oc2ccccc2Cl)cn1. The summed E-state index contributed by atoms with van der Waals surface area (Å²) < 4.78 is 7.20. The van der Waals surface area contributed by atoms with Crippen molar-refractivity contribution >= 4 is 11.6 Å². The van der Waals surface area contributed by atoms with Crippen LogP contribution in [-0.2, 0) is 0 Å². The summed E-state index contributed by atoms with van der Waals surface area (Å²) in [7, 11) is 0. The second-order valence-corrected chi connectivity index (χ2v) is 4.55. The van der Waals surface area contributed by atoms with Gasteiger partial charge < -0.3 is 9.84 Å². The van der Waals surface area contributed by atoms with Gasteiger partial charge in [0.05, 0.1) is 17.4 Å². The summed E-state index contributed by atoms with van der Waals surface area (Å²) in [6.07, 6.45) is 3.24. The molecule has 0 atom stereocenters. The summed E-state index contributed by atoms with van der Waals surface area (Å²) >= 11 is 6.03. The first-order valence-corrected chi connectivity index (χ1v) is 6.37. The molecule has 1 heterocycles. The van der Waals surface area contributed by atoms with Crippen LogP contribution in [0, 0.1) is 0 Å². The third kappa shape index (κ3) is 2.46. The number of hydrogen-bond donors (Lipinski definition) is 1. The predicted octanol–water partition coefficient (Wildman–Crippen LogP) is 4.02. The van der Waals surface area contributed by atoms with E-state index in [0.29, 0.717) is 22.2 Å². The molecule has 0 saturated carbocycles. The van der Waals surface area contributed by atoms with Crippen molar-refractivity contribution in [3.8, 4) is 22.9 Å². The smallest absolute Gasteiger partial charge is 0.165 e. The van der Waals surface area contributed by atoms with Gasteiger partial charge in [-0.1, -0.05) is 35.9 Å². The summed E-state index contributed by atoms with van der Waals surface area (Å²) in [6, 6.07) is 14.2. The highest BCUT2D eigenvalue weighted by molar-refractivity contribution is 6.32. The summed E-state index contributed by atoms with van der Waals surface area (Å²) in [5, 5.41) is 14.5. The fourth-order valence-corrected chi connectivity index (χ4v) is 1.98. The zero-order valence-corrected chi connectivity index (χ0v) is 11.2. The third-order valence-corrected chi connectivity index (χ3v) is 3.06. The van der Waals surface area contributed by atoms with Crippen molar-refractivity contribution in [3.05, 3.63) is 65.9 Å². The van der Waals surface area contributed by atoms with Gasteiger partial charge in [0.2, 0.25) is 0 Å². The molecule has 0 aliphatic heterocycles. The summed E-state index contributed by atoms with van der Waals surface area (Å²) in [4.78, 5) is 0. The highest BCUT2D eigenvalue weighted by Gasteiger charge is 2.07. The van der Waals surface area contributed by atoms with Crippen molar-refractivity contribution in [1.82, 2.24) is 9.78 Å². The summed E-state index contributed by atoms with van der Waals surface area (Å²) in [5.74, 6) is 1.26. The van der Waals surface area contributed by atoms with Gasteiger partial charge in [0.1, 0.15) is 17.2 Å². The van der Waals surface area contributed by atoms with Crippen molar-refractivity contribution in [2.75, 3.05) is 0 Å². The maximum absolute atomic E-state index is 9.78. The highest BCUT2D eigenvalue weighted by atomic mass is 35.5. The van der Waals surface area contributed by atoms with Crippen LogP contribution in [0.15, 0.2) is 60.9 Å². The molecule has 1 aromatic heterocycles. The molecule has 0 radical (unpaired) electrons. The van der Waals surface area contributed by atoms with Crippen LogP contribution in [0.2, 0.25) is 5.02 Å². The van der Waals surface area contributed by atoms with E-state index in [1.165, 1.54) is 0 Å². The molecule has 20 heavy (non-hydrogen) atoms. The lowest BCUT2D eigenvalue weighted by Gasteiger charge is -2.05. The average Bonchev–Trinajstić information content (AvgIpc) is 2.90. The van der Waals surface area contributed by atoms with Gasteiger partial charge in [-0.05, 0) is 24.3 Å². The fourth-order valence-electron chi connectivity index (χ4n) is 1.80. The van der Waals surface area contributed by atoms with Gasteiger partial charge in [-0.25, -0.2) is 4.68 Å². The second-order valence-electron chi connectivity index (χ2n) is 4.14. The van der Waals surface area contributed by atoms with Crippen molar-refractivity contribution in [1.29, 1.82) is 0 Å². The molecule has 2 aromatic carbocycles. The van der Waals surface area contributed by atoms with E-state index in [0.717, 1.165) is 0 Å². The molecule has 5 heteroatoms. The largest absolute Gasteiger partial charge is 0.506 e. The van der Waals surface area contributed by atoms with E-state index in [1.807, 2.05) is 18.2 Å². The molecule has 0 saturated heterocycles. The van der Waals surface area contributed by atoms with Crippen LogP contribution in [-0.4, -0.2) is 14.9 Å². The molecule has 4 nitrogen and oxygen atoms in total. The minimum atomic E-state index is 0.153. The Morgan fingerprint density at radius 1 is 1.05 bits per heavy atom. The molecule has 1 N–H and O–H groups in total. The van der Waals surface area contributed by atoms with Crippen LogP contribution in [0.3, 0.4) is 0 Å². The molecule has 3 rings (SSSR count). The van der Waals surface area contributed by atoms with Crippen LogP contribution in [0.4, 0.5) is 0 Å². The van der Waals surface area contributed by atoms with E-state index < -0.39 is 0 Å². The number of hydrogen-bond acceptors (Lipinski definition) is 3. The van der Waals surface area contributed by atoms with Gasteiger partial charge in [0.25, 0.3) is 0 Å². The first kappa shape index (κ1) is 12.6. The zero-order valence-electron chi connectivity index (χ0n) is 10.4. The van der Waals surface area contributed by atoms with E-state index >= 15 is 0 Å². The number of halogens is 1. The van der Waals surface area contributed by atoms with Crippen LogP contribution in [0.1, 0.15) is 0 Å². The Balaban J connectivity index is 1.88. The number of ether oxygens (including phenoxy) is 1. The molecule has 0 amide bonds. The van der Waals surface area contributed by atoms with E-state index in [9.17, 15) is 5.11 Å². The van der Waals surface area contributed by atoms with Crippen LogP contribution in [0.5, 0.6) is 17.2 Å². The Bertz CT molecular complexity index is 740. The number of phenolic OH excluding ortho intramolecular Hbond substituents is 1. The van der Waals surface area contributed by atoms with Crippen LogP contribution < -0.4 is 4.74 Å². The second kappa shape index (κ2) is 5.27. The number of para-hydroxylation sites is 3. The van der Waals surface area contributed by atoms with Gasteiger partial charge in [0, 0.05) is 0 Å². The Morgan fingerprint density at radius 2 is 1.80 bits per heavy atom. The molecule has 0 aliphatic carbocycles. The normalized spacial score (nSPS) is 10.4. The Kier molecular flexibility index (Phi) is 3.31. The molecule has 3 aromatic rings. The van der Waals surface area contributed by atoms with E-state index in [1.54, 1.807) is 47.4 Å². The first-order valence-electron chi connectivity index (χ1n) is 5.99. The van der Waals surface area contributed by atoms with Crippen molar-refractivity contribution in [2.24, 2.45) is 0 Å². The number of aromatic nitrogens is 2. The zero-order chi connectivity index (χ0) is 13.9. The van der Waals surface area contributed by atoms with Crippen LogP contribution in [0.25, 0.3) is 5.69 Å². The highest BCUT2D eigenvalue weighted by Crippen LogP contribution is 2.29. The van der Waals surface area contributed by atoms with Crippen molar-refractivity contribution in [2.45, 2.75) is 0 Å². The minimum absolute atomic E-state index is 0.153. The van der Waals surface area contributed by atoms with Gasteiger partial charge in [-0.3, -0.25) is 0 Å². The number of nitrogens with zero attached hydrogens (tertiary/aromatic N) is 2. The van der Waals surface area contributed by atoms with Gasteiger partial charge >= 0.3 is 0 Å². The predicted molar refractivity (Wildman–Crippen MR) is 76.8 cm³/mol. The molecule has 0 bridgehead atoms. The molecular weight excluding hydrogens is 276 g/mol. The van der Waals surface area contributed by atoms with Gasteiger partial charge in [-0.2, -0.15) is 5.10 Å². The molecule has 0 unspecified atom stereocenters. The van der Waals surface area contributed by atoms with Crippen LogP contribution >= 0.6 is 11.6 Å². The lowest BCUT2D eigenvalue weighted by Crippen LogP contribution is -1.93. The number of phenols is 1. The maximum Gasteiger partial charge on any atom is 0.165 e. The van der Waals surface area contributed by atoms with Crippen molar-refractivity contribution in [3.63, 3.8) is 0 Å². The molecular formula is C15H11ClN2O2. The number of aromatic hydroxyl groups is 1.